The van der Waals surface area contributed by atoms with Gasteiger partial charge in [0.05, 0.1) is 0 Å². The summed E-state index contributed by atoms with van der Waals surface area (Å²) in [6.07, 6.45) is 4.09. The Bertz CT molecular complexity index is 459. The molecule has 21 heavy (non-hydrogen) atoms. The summed E-state index contributed by atoms with van der Waals surface area (Å²) in [6.45, 7) is 3.70. The van der Waals surface area contributed by atoms with Crippen molar-refractivity contribution < 1.29 is 19.5 Å². The second kappa shape index (κ2) is 6.01. The minimum absolute atomic E-state index is 0.0685. The van der Waals surface area contributed by atoms with E-state index in [1.807, 2.05) is 0 Å². The van der Waals surface area contributed by atoms with Crippen molar-refractivity contribution in [2.75, 3.05) is 26.2 Å². The number of aliphatic carboxylic acids is 1. The average Bonchev–Trinajstić information content (AvgIpc) is 3.17. The largest absolute Gasteiger partial charge is 0.477 e. The fourth-order valence-electron chi connectivity index (χ4n) is 3.36. The van der Waals surface area contributed by atoms with Crippen LogP contribution in [0.2, 0.25) is 0 Å². The number of hydrogen-bond donors (Lipinski definition) is 1. The molecule has 1 amide bonds. The lowest BCUT2D eigenvalue weighted by molar-refractivity contribution is -0.141. The van der Waals surface area contributed by atoms with E-state index >= 15 is 0 Å². The lowest BCUT2D eigenvalue weighted by Crippen LogP contribution is -2.43. The van der Waals surface area contributed by atoms with E-state index in [2.05, 4.69) is 10.1 Å². The number of nitrogens with zero attached hydrogens (tertiary/aromatic N) is 3. The molecule has 0 radical (unpaired) electrons. The second-order valence-electron chi connectivity index (χ2n) is 5.96. The van der Waals surface area contributed by atoms with Gasteiger partial charge >= 0.3 is 5.97 Å². The third-order valence-corrected chi connectivity index (χ3v) is 4.57. The van der Waals surface area contributed by atoms with E-state index in [0.717, 1.165) is 32.6 Å². The van der Waals surface area contributed by atoms with Gasteiger partial charge in [-0.25, -0.2) is 4.79 Å². The first-order chi connectivity index (χ1) is 10.1. The van der Waals surface area contributed by atoms with Crippen molar-refractivity contribution in [1.82, 2.24) is 9.80 Å². The van der Waals surface area contributed by atoms with Crippen molar-refractivity contribution in [1.29, 1.82) is 0 Å². The van der Waals surface area contributed by atoms with Gasteiger partial charge in [0, 0.05) is 25.6 Å². The van der Waals surface area contributed by atoms with Crippen LogP contribution < -0.4 is 0 Å². The molecule has 7 nitrogen and oxygen atoms in total. The van der Waals surface area contributed by atoms with E-state index in [1.165, 1.54) is 19.3 Å². The molecule has 0 aliphatic carbocycles. The van der Waals surface area contributed by atoms with Gasteiger partial charge in [0.15, 0.2) is 5.71 Å². The molecule has 0 spiro atoms. The number of hydrogen-bond acceptors (Lipinski definition) is 5. The summed E-state index contributed by atoms with van der Waals surface area (Å²) in [6, 6.07) is 0.440. The standard InChI is InChI=1S/C14H21N3O4/c18-13(12-8-11(14(19)20)15-21-12)17-7-4-10(9-17)16-5-2-1-3-6-16/h10,12H,1-9H2,(H,19,20). The Morgan fingerprint density at radius 3 is 2.62 bits per heavy atom. The van der Waals surface area contributed by atoms with Gasteiger partial charge in [0.1, 0.15) is 0 Å². The van der Waals surface area contributed by atoms with Gasteiger partial charge in [-0.05, 0) is 32.4 Å². The Morgan fingerprint density at radius 2 is 1.95 bits per heavy atom. The molecule has 0 aromatic heterocycles. The summed E-state index contributed by atoms with van der Waals surface area (Å²) in [5.74, 6) is -1.24. The Balaban J connectivity index is 1.52. The highest BCUT2D eigenvalue weighted by atomic mass is 16.6. The molecule has 0 aromatic carbocycles. The van der Waals surface area contributed by atoms with E-state index in [9.17, 15) is 9.59 Å². The summed E-state index contributed by atoms with van der Waals surface area (Å²) in [7, 11) is 0. The van der Waals surface area contributed by atoms with Crippen LogP contribution in [0.25, 0.3) is 0 Å². The number of carboxylic acid groups (broad SMARTS) is 1. The molecule has 3 heterocycles. The highest BCUT2D eigenvalue weighted by molar-refractivity contribution is 6.36. The first kappa shape index (κ1) is 14.3. The maximum absolute atomic E-state index is 12.4. The van der Waals surface area contributed by atoms with Crippen molar-refractivity contribution in [2.45, 2.75) is 44.2 Å². The van der Waals surface area contributed by atoms with Crippen LogP contribution in [0, 0.1) is 0 Å². The first-order valence-electron chi connectivity index (χ1n) is 7.64. The molecule has 3 rings (SSSR count). The zero-order valence-corrected chi connectivity index (χ0v) is 12.0. The zero-order valence-electron chi connectivity index (χ0n) is 12.0. The maximum atomic E-state index is 12.4. The van der Waals surface area contributed by atoms with Crippen LogP contribution >= 0.6 is 0 Å². The molecule has 7 heteroatoms. The molecular weight excluding hydrogens is 274 g/mol. The molecule has 3 aliphatic rings. The van der Waals surface area contributed by atoms with E-state index in [1.54, 1.807) is 4.90 Å². The predicted octanol–water partition coefficient (Wildman–Crippen LogP) is 0.303. The van der Waals surface area contributed by atoms with Gasteiger partial charge in [-0.2, -0.15) is 0 Å². The second-order valence-corrected chi connectivity index (χ2v) is 5.96. The normalized spacial score (nSPS) is 30.1. The number of carbonyl (C=O) groups is 2. The lowest BCUT2D eigenvalue weighted by atomic mass is 10.1. The molecule has 2 fully saturated rings. The monoisotopic (exact) mass is 295 g/mol. The van der Waals surface area contributed by atoms with Crippen molar-refractivity contribution in [3.05, 3.63) is 0 Å². The third kappa shape index (κ3) is 3.02. The number of amides is 1. The van der Waals surface area contributed by atoms with E-state index in [4.69, 9.17) is 9.94 Å². The Labute approximate surface area is 123 Å². The number of carbonyl (C=O) groups excluding carboxylic acids is 1. The number of rotatable bonds is 3. The summed E-state index contributed by atoms with van der Waals surface area (Å²) >= 11 is 0. The van der Waals surface area contributed by atoms with Crippen molar-refractivity contribution >= 4 is 17.6 Å². The average molecular weight is 295 g/mol. The highest BCUT2D eigenvalue weighted by Crippen LogP contribution is 2.22. The Morgan fingerprint density at radius 1 is 1.19 bits per heavy atom. The summed E-state index contributed by atoms with van der Waals surface area (Å²) in [5, 5.41) is 12.3. The lowest BCUT2D eigenvalue weighted by Gasteiger charge is -2.32. The van der Waals surface area contributed by atoms with Crippen molar-refractivity contribution in [3.63, 3.8) is 0 Å². The molecule has 1 N–H and O–H groups in total. The summed E-state index contributed by atoms with van der Waals surface area (Å²) in [5.41, 5.74) is -0.0693. The molecule has 116 valence electrons. The van der Waals surface area contributed by atoms with E-state index < -0.39 is 12.1 Å². The SMILES string of the molecule is O=C(O)C1=NOC(C(=O)N2CCC(N3CCCCC3)C2)C1. The van der Waals surface area contributed by atoms with E-state index in [-0.39, 0.29) is 18.0 Å². The molecule has 2 unspecified atom stereocenters. The van der Waals surface area contributed by atoms with Gasteiger partial charge in [0.25, 0.3) is 5.91 Å². The fourth-order valence-corrected chi connectivity index (χ4v) is 3.36. The molecule has 3 aliphatic heterocycles. The third-order valence-electron chi connectivity index (χ3n) is 4.57. The zero-order chi connectivity index (χ0) is 14.8. The molecule has 0 aromatic rings. The summed E-state index contributed by atoms with van der Waals surface area (Å²) in [4.78, 5) is 32.4. The van der Waals surface area contributed by atoms with Crippen LogP contribution in [0.15, 0.2) is 5.16 Å². The summed E-state index contributed by atoms with van der Waals surface area (Å²) < 4.78 is 0. The van der Waals surface area contributed by atoms with Gasteiger partial charge in [-0.15, -0.1) is 0 Å². The van der Waals surface area contributed by atoms with Crippen LogP contribution in [0.1, 0.15) is 32.1 Å². The van der Waals surface area contributed by atoms with Crippen molar-refractivity contribution in [3.8, 4) is 0 Å². The highest BCUT2D eigenvalue weighted by Gasteiger charge is 2.38. The topological polar surface area (TPSA) is 82.4 Å². The fraction of sp³-hybridized carbons (Fsp3) is 0.786. The smallest absolute Gasteiger partial charge is 0.353 e. The number of piperidine rings is 1. The van der Waals surface area contributed by atoms with E-state index in [0.29, 0.717) is 6.04 Å². The molecule has 2 saturated heterocycles. The van der Waals surface area contributed by atoms with Crippen LogP contribution in [0.4, 0.5) is 0 Å². The minimum atomic E-state index is -1.11. The van der Waals surface area contributed by atoms with Gasteiger partial charge < -0.3 is 14.8 Å². The van der Waals surface area contributed by atoms with Gasteiger partial charge in [-0.1, -0.05) is 11.6 Å². The molecule has 0 bridgehead atoms. The van der Waals surface area contributed by atoms with Crippen LogP contribution in [-0.2, 0) is 14.4 Å². The van der Waals surface area contributed by atoms with Crippen molar-refractivity contribution in [2.24, 2.45) is 5.16 Å². The van der Waals surface area contributed by atoms with Gasteiger partial charge in [0.2, 0.25) is 6.10 Å². The van der Waals surface area contributed by atoms with Crippen LogP contribution in [-0.4, -0.2) is 70.8 Å². The number of oxime groups is 1. The number of likely N-dealkylation sites (tertiary alicyclic amines) is 2. The molecule has 2 atom stereocenters. The molecule has 0 saturated carbocycles. The number of carboxylic acids is 1. The van der Waals surface area contributed by atoms with Crippen LogP contribution in [0.3, 0.4) is 0 Å². The first-order valence-corrected chi connectivity index (χ1v) is 7.64. The Hall–Kier alpha value is -1.63. The van der Waals surface area contributed by atoms with Crippen LogP contribution in [0.5, 0.6) is 0 Å². The quantitative estimate of drug-likeness (QED) is 0.810. The van der Waals surface area contributed by atoms with Gasteiger partial charge in [-0.3, -0.25) is 9.69 Å². The molecular formula is C14H21N3O4. The maximum Gasteiger partial charge on any atom is 0.353 e. The minimum Gasteiger partial charge on any atom is -0.477 e. The predicted molar refractivity (Wildman–Crippen MR) is 75.0 cm³/mol. The Kier molecular flexibility index (Phi) is 4.10.